The molecule has 250 valence electrons. The number of ether oxygens (including phenoxy) is 2. The summed E-state index contributed by atoms with van der Waals surface area (Å²) in [5, 5.41) is 0. The topological polar surface area (TPSA) is 49.2 Å². The van der Waals surface area contributed by atoms with E-state index in [2.05, 4.69) is 110 Å². The Morgan fingerprint density at radius 2 is 1.27 bits per heavy atom. The Labute approximate surface area is 317 Å². The van der Waals surface area contributed by atoms with Crippen LogP contribution >= 0.6 is 0 Å². The molecule has 0 fully saturated rings. The van der Waals surface area contributed by atoms with E-state index in [1.54, 1.807) is 0 Å². The number of fused-ring (bicyclic) bond motifs is 5. The molecular weight excluding hydrogens is 820 g/mol. The van der Waals surface area contributed by atoms with E-state index in [1.807, 2.05) is 54.7 Å². The van der Waals surface area contributed by atoms with E-state index >= 15 is 0 Å². The van der Waals surface area contributed by atoms with Crippen molar-refractivity contribution in [2.24, 2.45) is 0 Å². The Bertz CT molecular complexity index is 2670. The first-order chi connectivity index (χ1) is 25.0. The molecule has 0 bridgehead atoms. The van der Waals surface area contributed by atoms with Gasteiger partial charge in [0.1, 0.15) is 11.5 Å². The second kappa shape index (κ2) is 12.5. The molecule has 52 heavy (non-hydrogen) atoms. The molecule has 10 rings (SSSR count). The number of imidazole rings is 1. The van der Waals surface area contributed by atoms with Gasteiger partial charge in [-0.2, -0.15) is 0 Å². The van der Waals surface area contributed by atoms with Gasteiger partial charge in [-0.05, 0) is 79.1 Å². The fourth-order valence-electron chi connectivity index (χ4n) is 7.88. The Hall–Kier alpha value is -5.71. The van der Waals surface area contributed by atoms with Gasteiger partial charge in [0, 0.05) is 28.8 Å². The van der Waals surface area contributed by atoms with Gasteiger partial charge in [0.25, 0.3) is 0 Å². The van der Waals surface area contributed by atoms with Gasteiger partial charge in [0.2, 0.25) is 6.71 Å². The first-order valence-corrected chi connectivity index (χ1v) is 17.2. The van der Waals surface area contributed by atoms with Gasteiger partial charge >= 0.3 is 21.1 Å². The van der Waals surface area contributed by atoms with Crippen LogP contribution in [-0.4, -0.2) is 21.2 Å². The maximum absolute atomic E-state index is 6.57. The molecule has 0 unspecified atom stereocenters. The molecule has 0 spiro atoms. The summed E-state index contributed by atoms with van der Waals surface area (Å²) in [6, 6.07) is 49.1. The summed E-state index contributed by atoms with van der Waals surface area (Å²) >= 11 is 0. The van der Waals surface area contributed by atoms with E-state index in [1.165, 1.54) is 16.7 Å². The molecule has 0 radical (unpaired) electrons. The molecule has 8 aromatic rings. The van der Waals surface area contributed by atoms with Crippen molar-refractivity contribution in [3.63, 3.8) is 0 Å². The molecule has 0 amide bonds. The maximum atomic E-state index is 6.57. The number of hydrogen-bond acceptors (Lipinski definition) is 4. The van der Waals surface area contributed by atoms with Crippen LogP contribution in [0.25, 0.3) is 50.5 Å². The molecule has 0 aliphatic carbocycles. The van der Waals surface area contributed by atoms with Crippen molar-refractivity contribution in [2.45, 2.75) is 20.8 Å². The maximum Gasteiger partial charge on any atom is 2.00 e. The van der Waals surface area contributed by atoms with Crippen LogP contribution in [0.4, 0.5) is 0 Å². The Morgan fingerprint density at radius 3 is 2.00 bits per heavy atom. The fourth-order valence-corrected chi connectivity index (χ4v) is 7.88. The summed E-state index contributed by atoms with van der Waals surface area (Å²) in [6.07, 6.45) is 1.86. The number of rotatable bonds is 4. The van der Waals surface area contributed by atoms with Crippen LogP contribution < -0.4 is 25.9 Å². The Kier molecular flexibility index (Phi) is 7.75. The molecule has 0 saturated heterocycles. The summed E-state index contributed by atoms with van der Waals surface area (Å²) in [7, 11) is 0. The van der Waals surface area contributed by atoms with E-state index in [9.17, 15) is 0 Å². The third-order valence-electron chi connectivity index (χ3n) is 10.0. The quantitative estimate of drug-likeness (QED) is 0.132. The number of nitrogens with zero attached hydrogens (tertiary/aromatic N) is 3. The largest absolute Gasteiger partial charge is 2.00 e. The second-order valence-electron chi connectivity index (χ2n) is 13.4. The molecule has 5 nitrogen and oxygen atoms in total. The molecule has 2 aliphatic heterocycles. The zero-order chi connectivity index (χ0) is 34.2. The summed E-state index contributed by atoms with van der Waals surface area (Å²) in [6.45, 7) is 6.27. The summed E-state index contributed by atoms with van der Waals surface area (Å²) < 4.78 is 15.4. The molecule has 2 aromatic heterocycles. The van der Waals surface area contributed by atoms with Crippen molar-refractivity contribution in [3.8, 4) is 62.5 Å². The molecule has 0 atom stereocenters. The molecular formula is C45H30BN3O2Pt. The van der Waals surface area contributed by atoms with Crippen molar-refractivity contribution >= 4 is 34.1 Å². The predicted octanol–water partition coefficient (Wildman–Crippen LogP) is 8.67. The number of aryl methyl sites for hydroxylation is 3. The van der Waals surface area contributed by atoms with Crippen molar-refractivity contribution in [3.05, 3.63) is 156 Å². The smallest absolute Gasteiger partial charge is 0.503 e. The number of para-hydroxylation sites is 2. The van der Waals surface area contributed by atoms with Gasteiger partial charge in [-0.15, -0.1) is 58.5 Å². The van der Waals surface area contributed by atoms with Gasteiger partial charge in [-0.3, -0.25) is 4.98 Å². The normalized spacial score (nSPS) is 12.2. The van der Waals surface area contributed by atoms with Crippen LogP contribution in [0.3, 0.4) is 0 Å². The SMILES string of the molecule is Cc1cc(C)c(-n2c(-c3[c-]c4c(cc3)Oc3cccc5c3B4c3[c-]c(-c4cc(-c6ccccc6)ccn4)ccc3O5)nc3ccccc32)c(C)c1.[Pt+2]. The number of hydrogen-bond donors (Lipinski definition) is 0. The minimum absolute atomic E-state index is 0. The van der Waals surface area contributed by atoms with Crippen LogP contribution in [0, 0.1) is 32.9 Å². The van der Waals surface area contributed by atoms with Crippen molar-refractivity contribution in [1.29, 1.82) is 0 Å². The van der Waals surface area contributed by atoms with Crippen LogP contribution in [0.2, 0.25) is 0 Å². The zero-order valence-corrected chi connectivity index (χ0v) is 30.9. The second-order valence-corrected chi connectivity index (χ2v) is 13.4. The van der Waals surface area contributed by atoms with E-state index in [-0.39, 0.29) is 27.8 Å². The average Bonchev–Trinajstić information content (AvgIpc) is 3.53. The van der Waals surface area contributed by atoms with Gasteiger partial charge in [-0.25, -0.2) is 0 Å². The van der Waals surface area contributed by atoms with Gasteiger partial charge in [-0.1, -0.05) is 72.3 Å². The van der Waals surface area contributed by atoms with Crippen LogP contribution in [0.15, 0.2) is 128 Å². The zero-order valence-electron chi connectivity index (χ0n) is 28.7. The summed E-state index contributed by atoms with van der Waals surface area (Å²) in [4.78, 5) is 9.99. The molecule has 0 saturated carbocycles. The predicted molar refractivity (Wildman–Crippen MR) is 205 cm³/mol. The fraction of sp³-hybridized carbons (Fsp3) is 0.0667. The Balaban J connectivity index is 0.00000360. The van der Waals surface area contributed by atoms with Crippen LogP contribution in [0.1, 0.15) is 16.7 Å². The third kappa shape index (κ3) is 5.12. The molecule has 0 N–H and O–H groups in total. The van der Waals surface area contributed by atoms with E-state index in [4.69, 9.17) is 19.4 Å². The first-order valence-electron chi connectivity index (χ1n) is 17.2. The molecule has 6 aromatic carbocycles. The van der Waals surface area contributed by atoms with E-state index in [0.717, 1.165) is 89.9 Å². The average molecular weight is 851 g/mol. The van der Waals surface area contributed by atoms with E-state index < -0.39 is 0 Å². The number of aromatic nitrogens is 3. The molecule has 2 aliphatic rings. The van der Waals surface area contributed by atoms with Gasteiger partial charge in [0.15, 0.2) is 0 Å². The summed E-state index contributed by atoms with van der Waals surface area (Å²) in [5.74, 6) is 3.91. The summed E-state index contributed by atoms with van der Waals surface area (Å²) in [5.41, 5.74) is 14.5. The number of benzene rings is 6. The third-order valence-corrected chi connectivity index (χ3v) is 10.0. The van der Waals surface area contributed by atoms with Crippen LogP contribution in [-0.2, 0) is 21.1 Å². The Morgan fingerprint density at radius 1 is 0.615 bits per heavy atom. The van der Waals surface area contributed by atoms with Crippen molar-refractivity contribution < 1.29 is 30.5 Å². The standard InChI is InChI=1S/C45H30BN3O2.Pt/c1-27-22-28(2)44(29(3)23-27)49-38-13-8-7-12-36(38)48-45(49)33-17-19-40-35(25-33)46-34-24-32(37-26-31(20-21-47-37)30-10-5-4-6-11-30)16-18-39(34)50-41-14-9-15-42(51-40)43(41)46;/h4-23,26H,1-3H3;/q-2;+2. The monoisotopic (exact) mass is 850 g/mol. The number of pyridine rings is 1. The van der Waals surface area contributed by atoms with Crippen LogP contribution in [0.5, 0.6) is 23.0 Å². The minimum Gasteiger partial charge on any atom is -0.503 e. The van der Waals surface area contributed by atoms with Crippen molar-refractivity contribution in [2.75, 3.05) is 0 Å². The minimum atomic E-state index is -0.221. The molecule has 7 heteroatoms. The van der Waals surface area contributed by atoms with Crippen molar-refractivity contribution in [1.82, 2.24) is 14.5 Å². The van der Waals surface area contributed by atoms with Gasteiger partial charge in [0.05, 0.1) is 16.9 Å². The van der Waals surface area contributed by atoms with Gasteiger partial charge < -0.3 is 19.0 Å². The van der Waals surface area contributed by atoms with E-state index in [0.29, 0.717) is 0 Å². The first kappa shape index (κ1) is 32.2. The molecule has 4 heterocycles.